The summed E-state index contributed by atoms with van der Waals surface area (Å²) in [4.78, 5) is 10.7. The minimum atomic E-state index is -0.893. The van der Waals surface area contributed by atoms with Crippen molar-refractivity contribution in [2.75, 3.05) is 7.11 Å². The Labute approximate surface area is 100.0 Å². The van der Waals surface area contributed by atoms with Gasteiger partial charge in [0.1, 0.15) is 5.75 Å². The van der Waals surface area contributed by atoms with E-state index in [0.717, 1.165) is 5.56 Å². The van der Waals surface area contributed by atoms with Crippen LogP contribution in [0.1, 0.15) is 30.9 Å². The van der Waals surface area contributed by atoms with Gasteiger partial charge in [-0.1, -0.05) is 25.4 Å². The lowest BCUT2D eigenvalue weighted by molar-refractivity contribution is -0.136. The van der Waals surface area contributed by atoms with Gasteiger partial charge in [-0.3, -0.25) is 4.79 Å². The van der Waals surface area contributed by atoms with Gasteiger partial charge in [-0.25, -0.2) is 0 Å². The van der Waals surface area contributed by atoms with Crippen LogP contribution in [0.3, 0.4) is 0 Å². The largest absolute Gasteiger partial charge is 0.496 e. The van der Waals surface area contributed by atoms with Gasteiger partial charge < -0.3 is 9.84 Å². The molecule has 0 radical (unpaired) electrons. The zero-order valence-corrected chi connectivity index (χ0v) is 10.3. The Morgan fingerprint density at radius 2 is 2.12 bits per heavy atom. The van der Waals surface area contributed by atoms with Gasteiger partial charge in [-0.05, 0) is 23.6 Å². The number of hydrogen-bond acceptors (Lipinski definition) is 2. The SMILES string of the molecule is COc1c(CC(=O)O)cc(Cl)cc1C(C)C. The molecule has 0 aromatic heterocycles. The number of halogens is 1. The lowest BCUT2D eigenvalue weighted by atomic mass is 9.98. The number of aliphatic carboxylic acids is 1. The zero-order valence-electron chi connectivity index (χ0n) is 9.58. The third-order valence-electron chi connectivity index (χ3n) is 2.33. The molecule has 0 fully saturated rings. The van der Waals surface area contributed by atoms with E-state index < -0.39 is 5.97 Å². The molecule has 88 valence electrons. The van der Waals surface area contributed by atoms with Crippen LogP contribution in [-0.4, -0.2) is 18.2 Å². The van der Waals surface area contributed by atoms with Crippen molar-refractivity contribution in [1.82, 2.24) is 0 Å². The smallest absolute Gasteiger partial charge is 0.307 e. The first-order valence-electron chi connectivity index (χ1n) is 5.03. The Morgan fingerprint density at radius 1 is 1.50 bits per heavy atom. The van der Waals surface area contributed by atoms with Crippen LogP contribution in [0.25, 0.3) is 0 Å². The summed E-state index contributed by atoms with van der Waals surface area (Å²) >= 11 is 5.96. The van der Waals surface area contributed by atoms with Crippen LogP contribution in [-0.2, 0) is 11.2 Å². The van der Waals surface area contributed by atoms with Gasteiger partial charge >= 0.3 is 5.97 Å². The summed E-state index contributed by atoms with van der Waals surface area (Å²) in [6.07, 6.45) is -0.0799. The Morgan fingerprint density at radius 3 is 2.56 bits per heavy atom. The van der Waals surface area contributed by atoms with Gasteiger partial charge in [0.25, 0.3) is 0 Å². The third-order valence-corrected chi connectivity index (χ3v) is 2.55. The molecule has 1 aromatic rings. The first-order chi connectivity index (χ1) is 7.45. The molecule has 1 N–H and O–H groups in total. The number of methoxy groups -OCH3 is 1. The zero-order chi connectivity index (χ0) is 12.3. The van der Waals surface area contributed by atoms with Crippen LogP contribution >= 0.6 is 11.6 Å². The molecule has 1 aromatic carbocycles. The van der Waals surface area contributed by atoms with E-state index >= 15 is 0 Å². The van der Waals surface area contributed by atoms with Crippen molar-refractivity contribution < 1.29 is 14.6 Å². The third kappa shape index (κ3) is 2.89. The lowest BCUT2D eigenvalue weighted by Crippen LogP contribution is -2.05. The lowest BCUT2D eigenvalue weighted by Gasteiger charge is -2.15. The highest BCUT2D eigenvalue weighted by Gasteiger charge is 2.15. The summed E-state index contributed by atoms with van der Waals surface area (Å²) < 4.78 is 5.27. The molecule has 3 nitrogen and oxygen atoms in total. The molecule has 16 heavy (non-hydrogen) atoms. The van der Waals surface area contributed by atoms with Crippen molar-refractivity contribution in [1.29, 1.82) is 0 Å². The molecule has 0 aliphatic carbocycles. The molecule has 0 amide bonds. The molecule has 0 aliphatic heterocycles. The molecule has 0 aliphatic rings. The number of carbonyl (C=O) groups is 1. The van der Waals surface area contributed by atoms with Crippen molar-refractivity contribution in [3.05, 3.63) is 28.3 Å². The van der Waals surface area contributed by atoms with Crippen LogP contribution in [0.5, 0.6) is 5.75 Å². The van der Waals surface area contributed by atoms with Crippen LogP contribution in [0.4, 0.5) is 0 Å². The second-order valence-electron chi connectivity index (χ2n) is 3.91. The topological polar surface area (TPSA) is 46.5 Å². The molecule has 0 spiro atoms. The van der Waals surface area contributed by atoms with E-state index in [9.17, 15) is 4.79 Å². The van der Waals surface area contributed by atoms with E-state index in [1.165, 1.54) is 0 Å². The highest BCUT2D eigenvalue weighted by molar-refractivity contribution is 6.30. The van der Waals surface area contributed by atoms with Gasteiger partial charge in [0.2, 0.25) is 0 Å². The molecule has 0 saturated heterocycles. The van der Waals surface area contributed by atoms with Crippen LogP contribution < -0.4 is 4.74 Å². The first-order valence-corrected chi connectivity index (χ1v) is 5.41. The Bertz CT molecular complexity index is 399. The molecule has 4 heteroatoms. The number of hydrogen-bond donors (Lipinski definition) is 1. The normalized spacial score (nSPS) is 10.6. The predicted molar refractivity (Wildman–Crippen MR) is 63.4 cm³/mol. The summed E-state index contributed by atoms with van der Waals surface area (Å²) in [5.41, 5.74) is 1.55. The first kappa shape index (κ1) is 12.8. The van der Waals surface area contributed by atoms with Crippen LogP contribution in [0.15, 0.2) is 12.1 Å². The molecule has 0 bridgehead atoms. The highest BCUT2D eigenvalue weighted by atomic mass is 35.5. The fourth-order valence-electron chi connectivity index (χ4n) is 1.65. The molecule has 0 saturated carbocycles. The monoisotopic (exact) mass is 242 g/mol. The maximum Gasteiger partial charge on any atom is 0.307 e. The summed E-state index contributed by atoms with van der Waals surface area (Å²) in [5, 5.41) is 9.35. The fourth-order valence-corrected chi connectivity index (χ4v) is 1.89. The van der Waals surface area contributed by atoms with Gasteiger partial charge in [0.05, 0.1) is 13.5 Å². The quantitative estimate of drug-likeness (QED) is 0.883. The minimum Gasteiger partial charge on any atom is -0.496 e. The molecule has 0 atom stereocenters. The van der Waals surface area contributed by atoms with Crippen molar-refractivity contribution >= 4 is 17.6 Å². The minimum absolute atomic E-state index is 0.0799. The predicted octanol–water partition coefficient (Wildman–Crippen LogP) is 3.10. The van der Waals surface area contributed by atoms with Crippen molar-refractivity contribution in [3.63, 3.8) is 0 Å². The van der Waals surface area contributed by atoms with E-state index in [1.54, 1.807) is 13.2 Å². The second kappa shape index (κ2) is 5.21. The fraction of sp³-hybridized carbons (Fsp3) is 0.417. The van der Waals surface area contributed by atoms with Gasteiger partial charge in [-0.15, -0.1) is 0 Å². The van der Waals surface area contributed by atoms with Crippen LogP contribution in [0.2, 0.25) is 5.02 Å². The average Bonchev–Trinajstić information content (AvgIpc) is 2.15. The number of ether oxygens (including phenoxy) is 1. The van der Waals surface area contributed by atoms with Crippen molar-refractivity contribution in [3.8, 4) is 5.75 Å². The van der Waals surface area contributed by atoms with Gasteiger partial charge in [0, 0.05) is 10.6 Å². The maximum absolute atomic E-state index is 10.7. The summed E-state index contributed by atoms with van der Waals surface area (Å²) in [6.45, 7) is 4.03. The average molecular weight is 243 g/mol. The van der Waals surface area contributed by atoms with E-state index in [4.69, 9.17) is 21.4 Å². The second-order valence-corrected chi connectivity index (χ2v) is 4.35. The molecule has 0 unspecified atom stereocenters. The Kier molecular flexibility index (Phi) is 4.19. The maximum atomic E-state index is 10.7. The van der Waals surface area contributed by atoms with Crippen molar-refractivity contribution in [2.24, 2.45) is 0 Å². The summed E-state index contributed by atoms with van der Waals surface area (Å²) in [7, 11) is 1.54. The molecular weight excluding hydrogens is 228 g/mol. The summed E-state index contributed by atoms with van der Waals surface area (Å²) in [6, 6.07) is 3.46. The highest BCUT2D eigenvalue weighted by Crippen LogP contribution is 2.33. The van der Waals surface area contributed by atoms with Crippen LogP contribution in [0, 0.1) is 0 Å². The number of carboxylic acids is 1. The van der Waals surface area contributed by atoms with Gasteiger partial charge in [-0.2, -0.15) is 0 Å². The van der Waals surface area contributed by atoms with Crippen molar-refractivity contribution in [2.45, 2.75) is 26.2 Å². The molecular formula is C12H15ClO3. The van der Waals surface area contributed by atoms with E-state index in [-0.39, 0.29) is 12.3 Å². The number of benzene rings is 1. The van der Waals surface area contributed by atoms with E-state index in [2.05, 4.69) is 0 Å². The molecule has 0 heterocycles. The molecule has 1 rings (SSSR count). The van der Waals surface area contributed by atoms with E-state index in [1.807, 2.05) is 19.9 Å². The number of rotatable bonds is 4. The summed E-state index contributed by atoms with van der Waals surface area (Å²) in [5.74, 6) is -0.0294. The van der Waals surface area contributed by atoms with E-state index in [0.29, 0.717) is 16.3 Å². The number of carboxylic acid groups (broad SMARTS) is 1. The Balaban J connectivity index is 3.29. The standard InChI is InChI=1S/C12H15ClO3/c1-7(2)10-6-9(13)4-8(5-11(14)15)12(10)16-3/h4,6-7H,5H2,1-3H3,(H,14,15). The van der Waals surface area contributed by atoms with Gasteiger partial charge in [0.15, 0.2) is 0 Å². The Hall–Kier alpha value is -1.22.